The van der Waals surface area contributed by atoms with Crippen molar-refractivity contribution in [3.63, 3.8) is 0 Å². The predicted octanol–water partition coefficient (Wildman–Crippen LogP) is 1.34. The number of nitrogens with zero attached hydrogens (tertiary/aromatic N) is 4. The monoisotopic (exact) mass is 323 g/mol. The van der Waals surface area contributed by atoms with Crippen molar-refractivity contribution in [2.75, 3.05) is 6.54 Å². The number of carbonyl (C=O) groups excluding carboxylic acids is 1. The van der Waals surface area contributed by atoms with Crippen LogP contribution in [-0.2, 0) is 13.1 Å². The standard InChI is InChI=1S/C17H17N5O2/c23-16(12-4-2-1-3-5-12)14-8-13-10-21(6-7-22(13)20-14)17(24)15-9-18-11-19-15/h1-5,8-9,11,16,23H,6-7,10H2,(H,18,19)/t16-/m0/s1. The van der Waals surface area contributed by atoms with E-state index >= 15 is 0 Å². The number of aliphatic hydroxyl groups excluding tert-OH is 1. The van der Waals surface area contributed by atoms with Crippen LogP contribution in [0.2, 0.25) is 0 Å². The number of nitrogens with one attached hydrogen (secondary N) is 1. The van der Waals surface area contributed by atoms with Crippen molar-refractivity contribution in [3.05, 3.63) is 71.6 Å². The highest BCUT2D eigenvalue weighted by molar-refractivity contribution is 5.92. The molecule has 24 heavy (non-hydrogen) atoms. The first kappa shape index (κ1) is 14.6. The zero-order chi connectivity index (χ0) is 16.5. The average molecular weight is 323 g/mol. The normalized spacial score (nSPS) is 15.1. The molecular weight excluding hydrogens is 306 g/mol. The lowest BCUT2D eigenvalue weighted by Crippen LogP contribution is -2.38. The van der Waals surface area contributed by atoms with Crippen molar-refractivity contribution in [1.29, 1.82) is 0 Å². The molecule has 2 aromatic heterocycles. The van der Waals surface area contributed by atoms with Crippen molar-refractivity contribution in [3.8, 4) is 0 Å². The van der Waals surface area contributed by atoms with E-state index in [1.807, 2.05) is 41.1 Å². The fourth-order valence-corrected chi connectivity index (χ4v) is 2.94. The second-order valence-electron chi connectivity index (χ2n) is 5.79. The molecule has 0 unspecified atom stereocenters. The zero-order valence-corrected chi connectivity index (χ0v) is 13.0. The molecule has 0 spiro atoms. The Hall–Kier alpha value is -2.93. The Balaban J connectivity index is 1.55. The quantitative estimate of drug-likeness (QED) is 0.761. The van der Waals surface area contributed by atoms with E-state index in [9.17, 15) is 9.90 Å². The number of amides is 1. The first-order valence-corrected chi connectivity index (χ1v) is 7.79. The van der Waals surface area contributed by atoms with E-state index in [-0.39, 0.29) is 5.91 Å². The van der Waals surface area contributed by atoms with E-state index in [2.05, 4.69) is 15.1 Å². The molecule has 3 heterocycles. The van der Waals surface area contributed by atoms with Gasteiger partial charge in [-0.15, -0.1) is 0 Å². The molecule has 0 bridgehead atoms. The minimum absolute atomic E-state index is 0.0786. The molecule has 1 aliphatic heterocycles. The number of aromatic amines is 1. The van der Waals surface area contributed by atoms with Gasteiger partial charge in [0, 0.05) is 6.54 Å². The molecule has 7 nitrogen and oxygen atoms in total. The van der Waals surface area contributed by atoms with Gasteiger partial charge in [0.05, 0.1) is 37.0 Å². The van der Waals surface area contributed by atoms with Gasteiger partial charge in [-0.1, -0.05) is 30.3 Å². The summed E-state index contributed by atoms with van der Waals surface area (Å²) in [6.07, 6.45) is 2.26. The molecule has 0 saturated carbocycles. The number of aromatic nitrogens is 4. The molecule has 0 fully saturated rings. The van der Waals surface area contributed by atoms with Crippen LogP contribution in [0.4, 0.5) is 0 Å². The van der Waals surface area contributed by atoms with Crippen molar-refractivity contribution < 1.29 is 9.90 Å². The van der Waals surface area contributed by atoms with E-state index in [4.69, 9.17) is 0 Å². The Kier molecular flexibility index (Phi) is 3.62. The molecule has 1 aromatic carbocycles. The topological polar surface area (TPSA) is 87.0 Å². The number of hydrogen-bond acceptors (Lipinski definition) is 4. The van der Waals surface area contributed by atoms with Gasteiger partial charge in [-0.25, -0.2) is 4.98 Å². The molecule has 3 aromatic rings. The zero-order valence-electron chi connectivity index (χ0n) is 13.0. The Morgan fingerprint density at radius 1 is 1.25 bits per heavy atom. The third-order valence-corrected chi connectivity index (χ3v) is 4.23. The van der Waals surface area contributed by atoms with Crippen LogP contribution in [0.5, 0.6) is 0 Å². The van der Waals surface area contributed by atoms with Crippen LogP contribution in [0.1, 0.15) is 33.5 Å². The number of hydrogen-bond donors (Lipinski definition) is 2. The number of benzene rings is 1. The van der Waals surface area contributed by atoms with Gasteiger partial charge in [0.2, 0.25) is 0 Å². The molecule has 1 atom stereocenters. The summed E-state index contributed by atoms with van der Waals surface area (Å²) in [5.74, 6) is -0.0786. The fourth-order valence-electron chi connectivity index (χ4n) is 2.94. The highest BCUT2D eigenvalue weighted by Gasteiger charge is 2.25. The van der Waals surface area contributed by atoms with Gasteiger partial charge in [-0.2, -0.15) is 5.10 Å². The van der Waals surface area contributed by atoms with Gasteiger partial charge in [0.15, 0.2) is 0 Å². The summed E-state index contributed by atoms with van der Waals surface area (Å²) in [6.45, 7) is 1.65. The third kappa shape index (κ3) is 2.59. The minimum atomic E-state index is -0.763. The molecule has 4 rings (SSSR count). The largest absolute Gasteiger partial charge is 0.382 e. The van der Waals surface area contributed by atoms with E-state index < -0.39 is 6.10 Å². The third-order valence-electron chi connectivity index (χ3n) is 4.23. The average Bonchev–Trinajstić information content (AvgIpc) is 3.30. The summed E-state index contributed by atoms with van der Waals surface area (Å²) in [5, 5.41) is 15.0. The number of fused-ring (bicyclic) bond motifs is 1. The van der Waals surface area contributed by atoms with Crippen molar-refractivity contribution in [1.82, 2.24) is 24.6 Å². The molecule has 0 radical (unpaired) electrons. The molecule has 1 aliphatic rings. The Morgan fingerprint density at radius 3 is 2.83 bits per heavy atom. The highest BCUT2D eigenvalue weighted by Crippen LogP contribution is 2.23. The van der Waals surface area contributed by atoms with Crippen LogP contribution in [-0.4, -0.2) is 42.2 Å². The lowest BCUT2D eigenvalue weighted by atomic mass is 10.1. The lowest BCUT2D eigenvalue weighted by molar-refractivity contribution is 0.0700. The smallest absolute Gasteiger partial charge is 0.272 e. The van der Waals surface area contributed by atoms with Crippen molar-refractivity contribution in [2.24, 2.45) is 0 Å². The summed E-state index contributed by atoms with van der Waals surface area (Å²) in [5.41, 5.74) is 2.80. The first-order chi connectivity index (χ1) is 11.7. The molecule has 7 heteroatoms. The highest BCUT2D eigenvalue weighted by atomic mass is 16.3. The fraction of sp³-hybridized carbons (Fsp3) is 0.235. The van der Waals surface area contributed by atoms with Gasteiger partial charge < -0.3 is 15.0 Å². The van der Waals surface area contributed by atoms with Gasteiger partial charge >= 0.3 is 0 Å². The SMILES string of the molecule is O=C(c1cnc[nH]1)N1CCn2nc([C@@H](O)c3ccccc3)cc2C1. The summed E-state index contributed by atoms with van der Waals surface area (Å²) in [7, 11) is 0. The number of carbonyl (C=O) groups is 1. The second kappa shape index (κ2) is 5.93. The Morgan fingerprint density at radius 2 is 2.08 bits per heavy atom. The Bertz CT molecular complexity index is 841. The molecule has 0 saturated heterocycles. The molecular formula is C17H17N5O2. The summed E-state index contributed by atoms with van der Waals surface area (Å²) in [6, 6.07) is 11.3. The molecule has 122 valence electrons. The van der Waals surface area contributed by atoms with Crippen LogP contribution in [0.15, 0.2) is 48.9 Å². The maximum absolute atomic E-state index is 12.4. The van der Waals surface area contributed by atoms with Crippen LogP contribution in [0.3, 0.4) is 0 Å². The number of aliphatic hydroxyl groups is 1. The summed E-state index contributed by atoms with van der Waals surface area (Å²) < 4.78 is 1.86. The number of H-pyrrole nitrogens is 1. The van der Waals surface area contributed by atoms with Gasteiger partial charge in [-0.05, 0) is 11.6 Å². The van der Waals surface area contributed by atoms with Crippen LogP contribution in [0, 0.1) is 0 Å². The lowest BCUT2D eigenvalue weighted by Gasteiger charge is -2.27. The van der Waals surface area contributed by atoms with E-state index in [0.29, 0.717) is 31.0 Å². The Labute approximate surface area is 138 Å². The molecule has 0 aliphatic carbocycles. The maximum Gasteiger partial charge on any atom is 0.272 e. The number of imidazole rings is 1. The van der Waals surface area contributed by atoms with Crippen LogP contribution < -0.4 is 0 Å². The van der Waals surface area contributed by atoms with Crippen molar-refractivity contribution >= 4 is 5.91 Å². The summed E-state index contributed by atoms with van der Waals surface area (Å²) >= 11 is 0. The minimum Gasteiger partial charge on any atom is -0.382 e. The van der Waals surface area contributed by atoms with Crippen LogP contribution >= 0.6 is 0 Å². The maximum atomic E-state index is 12.4. The second-order valence-corrected chi connectivity index (χ2v) is 5.79. The van der Waals surface area contributed by atoms with Gasteiger partial charge in [0.25, 0.3) is 5.91 Å². The summed E-state index contributed by atoms with van der Waals surface area (Å²) in [4.78, 5) is 20.9. The van der Waals surface area contributed by atoms with E-state index in [0.717, 1.165) is 11.3 Å². The number of rotatable bonds is 3. The first-order valence-electron chi connectivity index (χ1n) is 7.79. The van der Waals surface area contributed by atoms with E-state index in [1.54, 1.807) is 4.90 Å². The molecule has 2 N–H and O–H groups in total. The molecule has 1 amide bonds. The van der Waals surface area contributed by atoms with Crippen molar-refractivity contribution in [2.45, 2.75) is 19.2 Å². The van der Waals surface area contributed by atoms with E-state index in [1.165, 1.54) is 12.5 Å². The van der Waals surface area contributed by atoms with Gasteiger partial charge in [0.1, 0.15) is 11.8 Å². The van der Waals surface area contributed by atoms with Crippen LogP contribution in [0.25, 0.3) is 0 Å². The predicted molar refractivity (Wildman–Crippen MR) is 86.1 cm³/mol. The van der Waals surface area contributed by atoms with Gasteiger partial charge in [-0.3, -0.25) is 9.48 Å².